The Kier molecular flexibility index (Phi) is 2.44. The van der Waals surface area contributed by atoms with Crippen LogP contribution in [0.2, 0.25) is 0 Å². The maximum atomic E-state index is 11.1. The average Bonchev–Trinajstić information content (AvgIpc) is 1.79. The molecule has 1 saturated carbocycles. The van der Waals surface area contributed by atoms with Crippen LogP contribution in [0.4, 0.5) is 0 Å². The Morgan fingerprint density at radius 3 is 2.23 bits per heavy atom. The molecule has 0 unspecified atom stereocenters. The topological polar surface area (TPSA) is 37.3 Å². The van der Waals surface area contributed by atoms with E-state index in [9.17, 15) is 4.79 Å². The van der Waals surface area contributed by atoms with E-state index in [1.54, 1.807) is 0 Å². The fourth-order valence-electron chi connectivity index (χ4n) is 3.15. The summed E-state index contributed by atoms with van der Waals surface area (Å²) in [6, 6.07) is 0. The second-order valence-electron chi connectivity index (χ2n) is 5.72. The van der Waals surface area contributed by atoms with Gasteiger partial charge >= 0.3 is 5.97 Å². The third kappa shape index (κ3) is 2.23. The molecular formula is C11H20O2. The number of carboxylic acid groups (broad SMARTS) is 1. The molecule has 13 heavy (non-hydrogen) atoms. The number of carboxylic acids is 1. The minimum absolute atomic E-state index is 0.185. The molecule has 0 aliphatic heterocycles. The highest BCUT2D eigenvalue weighted by molar-refractivity contribution is 5.74. The maximum absolute atomic E-state index is 11.1. The van der Waals surface area contributed by atoms with Crippen molar-refractivity contribution in [3.05, 3.63) is 0 Å². The normalized spacial score (nSPS) is 38.6. The van der Waals surface area contributed by atoms with Crippen molar-refractivity contribution in [2.75, 3.05) is 0 Å². The molecule has 2 nitrogen and oxygen atoms in total. The van der Waals surface area contributed by atoms with Crippen molar-refractivity contribution in [2.45, 2.75) is 47.0 Å². The Morgan fingerprint density at radius 2 is 1.85 bits per heavy atom. The Labute approximate surface area is 80.3 Å². The zero-order valence-electron chi connectivity index (χ0n) is 9.05. The van der Waals surface area contributed by atoms with Gasteiger partial charge in [-0.05, 0) is 37.5 Å². The van der Waals surface area contributed by atoms with Gasteiger partial charge in [0, 0.05) is 0 Å². The van der Waals surface area contributed by atoms with Gasteiger partial charge in [0.1, 0.15) is 0 Å². The largest absolute Gasteiger partial charge is 0.481 e. The number of aliphatic carboxylic acids is 1. The molecule has 0 amide bonds. The molecule has 0 aromatic heterocycles. The fraction of sp³-hybridized carbons (Fsp3) is 0.909. The zero-order chi connectivity index (χ0) is 10.3. The molecule has 0 saturated heterocycles. The van der Waals surface area contributed by atoms with Crippen LogP contribution in [0.1, 0.15) is 47.0 Å². The molecule has 1 aliphatic rings. The van der Waals surface area contributed by atoms with Crippen molar-refractivity contribution in [1.29, 1.82) is 0 Å². The first kappa shape index (κ1) is 10.6. The summed E-state index contributed by atoms with van der Waals surface area (Å²) in [6.45, 7) is 8.38. The molecule has 0 heterocycles. The van der Waals surface area contributed by atoms with Crippen molar-refractivity contribution in [3.63, 3.8) is 0 Å². The van der Waals surface area contributed by atoms with E-state index in [0.717, 1.165) is 19.3 Å². The molecule has 1 N–H and O–H groups in total. The third-order valence-electron chi connectivity index (χ3n) is 3.09. The van der Waals surface area contributed by atoms with Gasteiger partial charge in [0.25, 0.3) is 0 Å². The summed E-state index contributed by atoms with van der Waals surface area (Å²) in [7, 11) is 0. The fourth-order valence-corrected chi connectivity index (χ4v) is 3.15. The van der Waals surface area contributed by atoms with Gasteiger partial charge in [-0.1, -0.05) is 20.8 Å². The van der Waals surface area contributed by atoms with E-state index >= 15 is 0 Å². The van der Waals surface area contributed by atoms with Crippen LogP contribution in [0.3, 0.4) is 0 Å². The summed E-state index contributed by atoms with van der Waals surface area (Å²) in [5.41, 5.74) is -0.314. The summed E-state index contributed by atoms with van der Waals surface area (Å²) in [6.07, 6.45) is 2.78. The Balaban J connectivity index is 2.84. The molecule has 2 atom stereocenters. The number of hydrogen-bond acceptors (Lipinski definition) is 1. The van der Waals surface area contributed by atoms with Crippen LogP contribution in [0.25, 0.3) is 0 Å². The predicted octanol–water partition coefficient (Wildman–Crippen LogP) is 2.92. The predicted molar refractivity (Wildman–Crippen MR) is 52.5 cm³/mol. The van der Waals surface area contributed by atoms with Crippen molar-refractivity contribution in [3.8, 4) is 0 Å². The minimum Gasteiger partial charge on any atom is -0.481 e. The highest BCUT2D eigenvalue weighted by Crippen LogP contribution is 2.48. The van der Waals surface area contributed by atoms with Crippen molar-refractivity contribution < 1.29 is 9.90 Å². The van der Waals surface area contributed by atoms with E-state index in [1.165, 1.54) is 0 Å². The number of rotatable bonds is 1. The monoisotopic (exact) mass is 184 g/mol. The van der Waals surface area contributed by atoms with Gasteiger partial charge in [0.2, 0.25) is 0 Å². The summed E-state index contributed by atoms with van der Waals surface area (Å²) >= 11 is 0. The molecule has 76 valence electrons. The van der Waals surface area contributed by atoms with Crippen molar-refractivity contribution in [2.24, 2.45) is 16.7 Å². The van der Waals surface area contributed by atoms with E-state index in [4.69, 9.17) is 5.11 Å². The second-order valence-corrected chi connectivity index (χ2v) is 5.72. The van der Waals surface area contributed by atoms with E-state index in [-0.39, 0.29) is 5.41 Å². The summed E-state index contributed by atoms with van der Waals surface area (Å²) in [5, 5.41) is 9.15. The lowest BCUT2D eigenvalue weighted by Gasteiger charge is -2.43. The lowest BCUT2D eigenvalue weighted by molar-refractivity contribution is -0.153. The van der Waals surface area contributed by atoms with Crippen LogP contribution < -0.4 is 0 Å². The van der Waals surface area contributed by atoms with Crippen molar-refractivity contribution in [1.82, 2.24) is 0 Å². The molecule has 0 bridgehead atoms. The molecule has 1 rings (SSSR count). The molecule has 0 spiro atoms. The molecule has 1 aliphatic carbocycles. The summed E-state index contributed by atoms with van der Waals surface area (Å²) in [4.78, 5) is 11.1. The molecule has 0 radical (unpaired) electrons. The van der Waals surface area contributed by atoms with E-state index in [1.807, 2.05) is 6.92 Å². The Bertz CT molecular complexity index is 220. The van der Waals surface area contributed by atoms with Gasteiger partial charge in [-0.2, -0.15) is 0 Å². The summed E-state index contributed by atoms with van der Waals surface area (Å²) < 4.78 is 0. The number of hydrogen-bond donors (Lipinski definition) is 1. The standard InChI is InChI=1S/C11H20O2/c1-8-5-10(2,3)7-11(4,6-8)9(12)13/h8H,5-7H2,1-4H3,(H,12,13)/t8-,11+/m0/s1. The minimum atomic E-state index is -0.632. The highest BCUT2D eigenvalue weighted by Gasteiger charge is 2.44. The second kappa shape index (κ2) is 3.00. The van der Waals surface area contributed by atoms with Gasteiger partial charge in [-0.15, -0.1) is 0 Å². The van der Waals surface area contributed by atoms with Gasteiger partial charge in [-0.25, -0.2) is 0 Å². The van der Waals surface area contributed by atoms with Crippen LogP contribution in [0.5, 0.6) is 0 Å². The lowest BCUT2D eigenvalue weighted by atomic mass is 9.61. The summed E-state index contributed by atoms with van der Waals surface area (Å²) in [5.74, 6) is -0.100. The highest BCUT2D eigenvalue weighted by atomic mass is 16.4. The quantitative estimate of drug-likeness (QED) is 0.680. The number of carbonyl (C=O) groups is 1. The van der Waals surface area contributed by atoms with Gasteiger partial charge in [0.15, 0.2) is 0 Å². The van der Waals surface area contributed by atoms with Crippen LogP contribution in [-0.2, 0) is 4.79 Å². The third-order valence-corrected chi connectivity index (χ3v) is 3.09. The lowest BCUT2D eigenvalue weighted by Crippen LogP contribution is -2.40. The smallest absolute Gasteiger partial charge is 0.309 e. The first-order valence-electron chi connectivity index (χ1n) is 4.99. The first-order valence-corrected chi connectivity index (χ1v) is 4.99. The molecular weight excluding hydrogens is 164 g/mol. The molecule has 2 heteroatoms. The maximum Gasteiger partial charge on any atom is 0.309 e. The van der Waals surface area contributed by atoms with Gasteiger partial charge in [-0.3, -0.25) is 4.79 Å². The molecule has 0 aromatic rings. The molecule has 1 fully saturated rings. The van der Waals surface area contributed by atoms with Crippen molar-refractivity contribution >= 4 is 5.97 Å². The van der Waals surface area contributed by atoms with Gasteiger partial charge in [0.05, 0.1) is 5.41 Å². The first-order chi connectivity index (χ1) is 5.75. The van der Waals surface area contributed by atoms with Crippen LogP contribution in [0, 0.1) is 16.7 Å². The molecule has 0 aromatic carbocycles. The van der Waals surface area contributed by atoms with Crippen LogP contribution in [0.15, 0.2) is 0 Å². The van der Waals surface area contributed by atoms with E-state index in [2.05, 4.69) is 20.8 Å². The van der Waals surface area contributed by atoms with E-state index in [0.29, 0.717) is 5.92 Å². The SMILES string of the molecule is C[C@H]1CC(C)(C)C[C@](C)(C(=O)O)C1. The average molecular weight is 184 g/mol. The Hall–Kier alpha value is -0.530. The van der Waals surface area contributed by atoms with Gasteiger partial charge < -0.3 is 5.11 Å². The van der Waals surface area contributed by atoms with Crippen LogP contribution in [-0.4, -0.2) is 11.1 Å². The van der Waals surface area contributed by atoms with E-state index < -0.39 is 11.4 Å². The Morgan fingerprint density at radius 1 is 1.31 bits per heavy atom. The van der Waals surface area contributed by atoms with Crippen LogP contribution >= 0.6 is 0 Å². The zero-order valence-corrected chi connectivity index (χ0v) is 9.05.